The smallest absolute Gasteiger partial charge is 0.315 e. The number of halogens is 1. The first-order valence-corrected chi connectivity index (χ1v) is 9.15. The molecule has 0 aliphatic heterocycles. The van der Waals surface area contributed by atoms with Crippen LogP contribution in [0.1, 0.15) is 22.8 Å². The average molecular weight is 433 g/mol. The monoisotopic (exact) mass is 432 g/mol. The summed E-state index contributed by atoms with van der Waals surface area (Å²) in [5.41, 5.74) is 2.09. The van der Waals surface area contributed by atoms with Crippen molar-refractivity contribution >= 4 is 39.5 Å². The maximum absolute atomic E-state index is 12.0. The van der Waals surface area contributed by atoms with E-state index in [1.807, 2.05) is 12.1 Å². The summed E-state index contributed by atoms with van der Waals surface area (Å²) in [4.78, 5) is 34.9. The lowest BCUT2D eigenvalue weighted by Gasteiger charge is -2.10. The first-order chi connectivity index (χ1) is 12.9. The van der Waals surface area contributed by atoms with Crippen LogP contribution in [-0.4, -0.2) is 30.9 Å². The number of anilines is 1. The molecule has 0 saturated carbocycles. The highest BCUT2D eigenvalue weighted by molar-refractivity contribution is 9.10. The van der Waals surface area contributed by atoms with Gasteiger partial charge in [-0.3, -0.25) is 9.59 Å². The van der Waals surface area contributed by atoms with Crippen LogP contribution in [0.4, 0.5) is 10.5 Å². The second-order valence-electron chi connectivity index (χ2n) is 5.76. The minimum Gasteiger partial charge on any atom is -0.350 e. The van der Waals surface area contributed by atoms with Gasteiger partial charge in [0.15, 0.2) is 0 Å². The van der Waals surface area contributed by atoms with Gasteiger partial charge < -0.3 is 21.3 Å². The lowest BCUT2D eigenvalue weighted by atomic mass is 10.2. The van der Waals surface area contributed by atoms with Crippen molar-refractivity contribution in [2.24, 2.45) is 0 Å². The Kier molecular flexibility index (Phi) is 7.81. The molecule has 0 unspecified atom stereocenters. The van der Waals surface area contributed by atoms with Gasteiger partial charge >= 0.3 is 6.03 Å². The van der Waals surface area contributed by atoms with Crippen LogP contribution in [0.25, 0.3) is 0 Å². The molecule has 142 valence electrons. The Bertz CT molecular complexity index is 826. The quantitative estimate of drug-likeness (QED) is 0.506. The molecular formula is C19H21BrN4O3. The summed E-state index contributed by atoms with van der Waals surface area (Å²) in [6.07, 6.45) is 0. The van der Waals surface area contributed by atoms with Crippen LogP contribution in [0, 0.1) is 0 Å². The van der Waals surface area contributed by atoms with E-state index in [-0.39, 0.29) is 17.8 Å². The lowest BCUT2D eigenvalue weighted by Crippen LogP contribution is -2.40. The van der Waals surface area contributed by atoms with Crippen LogP contribution < -0.4 is 21.3 Å². The Hall–Kier alpha value is -2.87. The molecule has 0 bridgehead atoms. The van der Waals surface area contributed by atoms with Gasteiger partial charge in [-0.1, -0.05) is 34.1 Å². The summed E-state index contributed by atoms with van der Waals surface area (Å²) in [5, 5.41) is 10.8. The van der Waals surface area contributed by atoms with Crippen LogP contribution >= 0.6 is 15.9 Å². The number of carbonyl (C=O) groups excluding carboxylic acids is 3. The Morgan fingerprint density at radius 1 is 0.926 bits per heavy atom. The van der Waals surface area contributed by atoms with E-state index >= 15 is 0 Å². The molecule has 2 aromatic carbocycles. The van der Waals surface area contributed by atoms with Crippen LogP contribution in [-0.2, 0) is 11.3 Å². The van der Waals surface area contributed by atoms with E-state index in [0.717, 1.165) is 10.0 Å². The van der Waals surface area contributed by atoms with E-state index < -0.39 is 0 Å². The van der Waals surface area contributed by atoms with Crippen molar-refractivity contribution in [1.29, 1.82) is 0 Å². The molecule has 2 aromatic rings. The predicted octanol–water partition coefficient (Wildman–Crippen LogP) is 2.64. The number of amides is 4. The van der Waals surface area contributed by atoms with Gasteiger partial charge in [-0.15, -0.1) is 0 Å². The molecule has 0 heterocycles. The number of hydrogen-bond donors (Lipinski definition) is 4. The summed E-state index contributed by atoms with van der Waals surface area (Å²) in [5.74, 6) is -0.351. The third-order valence-electron chi connectivity index (χ3n) is 3.48. The molecule has 0 saturated heterocycles. The maximum Gasteiger partial charge on any atom is 0.315 e. The fraction of sp³-hybridized carbons (Fsp3) is 0.211. The van der Waals surface area contributed by atoms with Crippen molar-refractivity contribution in [3.05, 3.63) is 64.1 Å². The molecule has 0 aliphatic carbocycles. The molecule has 27 heavy (non-hydrogen) atoms. The van der Waals surface area contributed by atoms with Crippen molar-refractivity contribution in [2.45, 2.75) is 13.5 Å². The topological polar surface area (TPSA) is 99.3 Å². The third kappa shape index (κ3) is 7.49. The zero-order valence-electron chi connectivity index (χ0n) is 14.8. The number of urea groups is 1. The van der Waals surface area contributed by atoms with Crippen molar-refractivity contribution in [2.75, 3.05) is 18.4 Å². The highest BCUT2D eigenvalue weighted by Gasteiger charge is 2.06. The van der Waals surface area contributed by atoms with E-state index in [2.05, 4.69) is 37.2 Å². The molecule has 0 spiro atoms. The van der Waals surface area contributed by atoms with Gasteiger partial charge in [0.1, 0.15) is 0 Å². The lowest BCUT2D eigenvalue weighted by molar-refractivity contribution is -0.114. The Morgan fingerprint density at radius 2 is 1.67 bits per heavy atom. The third-order valence-corrected chi connectivity index (χ3v) is 3.98. The standard InChI is InChI=1S/C19H21BrN4O3/c1-13(25)24-17-7-2-4-14(10-17)12-23-19(27)22-9-8-21-18(26)15-5-3-6-16(20)11-15/h2-7,10-11H,8-9,12H2,1H3,(H,21,26)(H,24,25)(H2,22,23,27). The molecule has 0 aromatic heterocycles. The Labute approximate surface area is 166 Å². The van der Waals surface area contributed by atoms with Gasteiger partial charge in [0, 0.05) is 42.3 Å². The van der Waals surface area contributed by atoms with Gasteiger partial charge in [-0.2, -0.15) is 0 Å². The summed E-state index contributed by atoms with van der Waals surface area (Å²) in [7, 11) is 0. The number of hydrogen-bond acceptors (Lipinski definition) is 3. The highest BCUT2D eigenvalue weighted by Crippen LogP contribution is 2.11. The fourth-order valence-electron chi connectivity index (χ4n) is 2.29. The van der Waals surface area contributed by atoms with Crippen molar-refractivity contribution in [1.82, 2.24) is 16.0 Å². The van der Waals surface area contributed by atoms with Gasteiger partial charge in [0.2, 0.25) is 5.91 Å². The fourth-order valence-corrected chi connectivity index (χ4v) is 2.69. The highest BCUT2D eigenvalue weighted by atomic mass is 79.9. The maximum atomic E-state index is 12.0. The number of nitrogens with one attached hydrogen (secondary N) is 4. The Balaban J connectivity index is 1.68. The summed E-state index contributed by atoms with van der Waals surface area (Å²) in [6, 6.07) is 14.0. The summed E-state index contributed by atoms with van der Waals surface area (Å²) < 4.78 is 0.829. The second-order valence-corrected chi connectivity index (χ2v) is 6.67. The minimum absolute atomic E-state index is 0.150. The predicted molar refractivity (Wildman–Crippen MR) is 107 cm³/mol. The first kappa shape index (κ1) is 20.4. The van der Waals surface area contributed by atoms with Gasteiger partial charge in [-0.05, 0) is 35.9 Å². The molecule has 7 nitrogen and oxygen atoms in total. The average Bonchev–Trinajstić information content (AvgIpc) is 2.63. The SMILES string of the molecule is CC(=O)Nc1cccc(CNC(=O)NCCNC(=O)c2cccc(Br)c2)c1. The molecule has 0 aliphatic rings. The molecule has 8 heteroatoms. The zero-order chi connectivity index (χ0) is 19.6. The van der Waals surface area contributed by atoms with Crippen LogP contribution in [0.3, 0.4) is 0 Å². The van der Waals surface area contributed by atoms with Gasteiger partial charge in [0.25, 0.3) is 5.91 Å². The van der Waals surface area contributed by atoms with Crippen molar-refractivity contribution < 1.29 is 14.4 Å². The van der Waals surface area contributed by atoms with E-state index in [0.29, 0.717) is 30.9 Å². The number of rotatable bonds is 7. The van der Waals surface area contributed by atoms with Crippen LogP contribution in [0.2, 0.25) is 0 Å². The van der Waals surface area contributed by atoms with E-state index in [1.165, 1.54) is 6.92 Å². The van der Waals surface area contributed by atoms with Crippen molar-refractivity contribution in [3.8, 4) is 0 Å². The van der Waals surface area contributed by atoms with Crippen molar-refractivity contribution in [3.63, 3.8) is 0 Å². The number of carbonyl (C=O) groups is 3. The van der Waals surface area contributed by atoms with Gasteiger partial charge in [-0.25, -0.2) is 4.79 Å². The van der Waals surface area contributed by atoms with E-state index in [9.17, 15) is 14.4 Å². The van der Waals surface area contributed by atoms with E-state index in [1.54, 1.807) is 36.4 Å². The molecular weight excluding hydrogens is 412 g/mol. The zero-order valence-corrected chi connectivity index (χ0v) is 16.4. The first-order valence-electron chi connectivity index (χ1n) is 8.36. The van der Waals surface area contributed by atoms with Gasteiger partial charge in [0.05, 0.1) is 0 Å². The minimum atomic E-state index is -0.336. The molecule has 0 radical (unpaired) electrons. The largest absolute Gasteiger partial charge is 0.350 e. The molecule has 0 atom stereocenters. The molecule has 2 rings (SSSR count). The normalized spacial score (nSPS) is 10.0. The van der Waals surface area contributed by atoms with E-state index in [4.69, 9.17) is 0 Å². The molecule has 0 fully saturated rings. The Morgan fingerprint density at radius 3 is 2.41 bits per heavy atom. The second kappa shape index (κ2) is 10.3. The van der Waals surface area contributed by atoms with Crippen LogP contribution in [0.5, 0.6) is 0 Å². The molecule has 4 N–H and O–H groups in total. The molecule has 4 amide bonds. The summed E-state index contributed by atoms with van der Waals surface area (Å²) in [6.45, 7) is 2.38. The number of benzene rings is 2. The van der Waals surface area contributed by atoms with Crippen LogP contribution in [0.15, 0.2) is 53.0 Å². The summed E-state index contributed by atoms with van der Waals surface area (Å²) >= 11 is 3.32.